The van der Waals surface area contributed by atoms with Gasteiger partial charge in [0.1, 0.15) is 11.6 Å². The third-order valence-corrected chi connectivity index (χ3v) is 5.68. The van der Waals surface area contributed by atoms with Crippen LogP contribution in [0, 0.1) is 17.5 Å². The molecule has 0 bridgehead atoms. The highest BCUT2D eigenvalue weighted by molar-refractivity contribution is 5.91. The molecule has 3 rings (SSSR count). The SMILES string of the molecule is CCCCCCCCOc1ccc(-c2ccc(OC(=O)c3ccc(OC(=O)OC)c(F)c3)cc2F)cc1F. The van der Waals surface area contributed by atoms with Gasteiger partial charge in [0.15, 0.2) is 23.1 Å². The Hall–Kier alpha value is -4.01. The lowest BCUT2D eigenvalue weighted by Gasteiger charge is -2.11. The summed E-state index contributed by atoms with van der Waals surface area (Å²) in [6.45, 7) is 2.56. The van der Waals surface area contributed by atoms with Gasteiger partial charge in [-0.2, -0.15) is 0 Å². The molecule has 0 fully saturated rings. The second-order valence-corrected chi connectivity index (χ2v) is 8.49. The fraction of sp³-hybridized carbons (Fsp3) is 0.310. The molecule has 0 aromatic heterocycles. The zero-order valence-corrected chi connectivity index (χ0v) is 21.2. The number of hydrogen-bond donors (Lipinski definition) is 0. The van der Waals surface area contributed by atoms with Gasteiger partial charge in [-0.05, 0) is 54.4 Å². The summed E-state index contributed by atoms with van der Waals surface area (Å²) in [6.07, 6.45) is 5.42. The number of halogens is 3. The van der Waals surface area contributed by atoms with Gasteiger partial charge in [-0.1, -0.05) is 45.1 Å². The molecular formula is C29H29F3O6. The van der Waals surface area contributed by atoms with Crippen molar-refractivity contribution in [3.63, 3.8) is 0 Å². The summed E-state index contributed by atoms with van der Waals surface area (Å²) in [5, 5.41) is 0. The first kappa shape index (κ1) is 28.6. The van der Waals surface area contributed by atoms with E-state index in [1.165, 1.54) is 49.6 Å². The number of benzene rings is 3. The van der Waals surface area contributed by atoms with E-state index < -0.39 is 35.3 Å². The van der Waals surface area contributed by atoms with Crippen LogP contribution in [-0.2, 0) is 4.74 Å². The molecule has 3 aromatic carbocycles. The van der Waals surface area contributed by atoms with E-state index in [2.05, 4.69) is 16.4 Å². The fourth-order valence-electron chi connectivity index (χ4n) is 3.65. The Morgan fingerprint density at radius 2 is 1.45 bits per heavy atom. The number of methoxy groups -OCH3 is 1. The van der Waals surface area contributed by atoms with Crippen molar-refractivity contribution < 1.29 is 41.7 Å². The van der Waals surface area contributed by atoms with Crippen molar-refractivity contribution in [1.82, 2.24) is 0 Å². The second kappa shape index (κ2) is 14.1. The van der Waals surface area contributed by atoms with Crippen molar-refractivity contribution in [1.29, 1.82) is 0 Å². The first-order valence-corrected chi connectivity index (χ1v) is 12.3. The maximum Gasteiger partial charge on any atom is 0.513 e. The van der Waals surface area contributed by atoms with Gasteiger partial charge in [0.25, 0.3) is 0 Å². The van der Waals surface area contributed by atoms with Gasteiger partial charge in [0, 0.05) is 11.6 Å². The Kier molecular flexibility index (Phi) is 10.6. The zero-order valence-electron chi connectivity index (χ0n) is 21.2. The van der Waals surface area contributed by atoms with E-state index >= 15 is 0 Å². The average molecular weight is 531 g/mol. The largest absolute Gasteiger partial charge is 0.513 e. The van der Waals surface area contributed by atoms with Crippen LogP contribution in [-0.4, -0.2) is 25.8 Å². The molecule has 0 aliphatic carbocycles. The Labute approximate surface area is 219 Å². The number of carbonyl (C=O) groups is 2. The highest BCUT2D eigenvalue weighted by atomic mass is 19.1. The molecule has 38 heavy (non-hydrogen) atoms. The maximum absolute atomic E-state index is 14.8. The molecule has 3 aromatic rings. The molecule has 0 radical (unpaired) electrons. The maximum atomic E-state index is 14.8. The molecular weight excluding hydrogens is 501 g/mol. The summed E-state index contributed by atoms with van der Waals surface area (Å²) >= 11 is 0. The van der Waals surface area contributed by atoms with Gasteiger partial charge in [0.2, 0.25) is 0 Å². The van der Waals surface area contributed by atoms with Gasteiger partial charge < -0.3 is 18.9 Å². The smallest absolute Gasteiger partial charge is 0.491 e. The normalized spacial score (nSPS) is 10.7. The predicted molar refractivity (Wildman–Crippen MR) is 135 cm³/mol. The van der Waals surface area contributed by atoms with Crippen molar-refractivity contribution >= 4 is 12.1 Å². The number of unbranched alkanes of at least 4 members (excludes halogenated alkanes) is 5. The third-order valence-electron chi connectivity index (χ3n) is 5.68. The molecule has 0 aliphatic heterocycles. The van der Waals surface area contributed by atoms with Crippen LogP contribution < -0.4 is 14.2 Å². The number of ether oxygens (including phenoxy) is 4. The molecule has 0 spiro atoms. The highest BCUT2D eigenvalue weighted by Crippen LogP contribution is 2.30. The summed E-state index contributed by atoms with van der Waals surface area (Å²) in [5.41, 5.74) is 0.192. The van der Waals surface area contributed by atoms with Gasteiger partial charge >= 0.3 is 12.1 Å². The van der Waals surface area contributed by atoms with Crippen molar-refractivity contribution in [3.05, 3.63) is 77.6 Å². The third kappa shape index (κ3) is 7.99. The molecule has 0 saturated carbocycles. The lowest BCUT2D eigenvalue weighted by atomic mass is 10.0. The van der Waals surface area contributed by atoms with Gasteiger partial charge in [0.05, 0.1) is 19.3 Å². The molecule has 0 amide bonds. The lowest BCUT2D eigenvalue weighted by molar-refractivity contribution is 0.0734. The Balaban J connectivity index is 1.60. The highest BCUT2D eigenvalue weighted by Gasteiger charge is 2.17. The van der Waals surface area contributed by atoms with Crippen LogP contribution >= 0.6 is 0 Å². The van der Waals surface area contributed by atoms with E-state index in [1.807, 2.05) is 0 Å². The molecule has 0 N–H and O–H groups in total. The van der Waals surface area contributed by atoms with Crippen LogP contribution in [0.5, 0.6) is 17.2 Å². The van der Waals surface area contributed by atoms with E-state index in [9.17, 15) is 22.8 Å². The molecule has 202 valence electrons. The number of carbonyl (C=O) groups excluding carboxylic acids is 2. The molecule has 0 atom stereocenters. The first-order chi connectivity index (χ1) is 18.3. The quantitative estimate of drug-likeness (QED) is 0.103. The molecule has 0 unspecified atom stereocenters. The lowest BCUT2D eigenvalue weighted by Crippen LogP contribution is -2.11. The fourth-order valence-corrected chi connectivity index (χ4v) is 3.65. The van der Waals surface area contributed by atoms with Crippen molar-refractivity contribution in [2.75, 3.05) is 13.7 Å². The van der Waals surface area contributed by atoms with E-state index in [4.69, 9.17) is 9.47 Å². The zero-order chi connectivity index (χ0) is 27.5. The van der Waals surface area contributed by atoms with Gasteiger partial charge in [-0.15, -0.1) is 0 Å². The van der Waals surface area contributed by atoms with Crippen molar-refractivity contribution in [2.45, 2.75) is 45.4 Å². The van der Waals surface area contributed by atoms with Crippen LogP contribution in [0.1, 0.15) is 55.8 Å². The minimum Gasteiger partial charge on any atom is -0.491 e. The molecule has 9 heteroatoms. The minimum absolute atomic E-state index is 0.0986. The van der Waals surface area contributed by atoms with Crippen molar-refractivity contribution in [3.8, 4) is 28.4 Å². The number of hydrogen-bond acceptors (Lipinski definition) is 6. The van der Waals surface area contributed by atoms with Crippen LogP contribution in [0.2, 0.25) is 0 Å². The van der Waals surface area contributed by atoms with E-state index in [-0.39, 0.29) is 28.2 Å². The minimum atomic E-state index is -1.12. The summed E-state index contributed by atoms with van der Waals surface area (Å²) in [4.78, 5) is 23.5. The standard InChI is InChI=1S/C29H29F3O6/c1-3-4-5-6-7-8-15-36-26-13-9-19(16-24(26)31)22-12-11-21(18-23(22)30)37-28(33)20-10-14-27(25(32)17-20)38-29(34)35-2/h9-14,16-18H,3-8,15H2,1-2H3. The molecule has 0 saturated heterocycles. The summed E-state index contributed by atoms with van der Waals surface area (Å²) < 4.78 is 63.0. The molecule has 6 nitrogen and oxygen atoms in total. The number of esters is 1. The van der Waals surface area contributed by atoms with Crippen LogP contribution in [0.3, 0.4) is 0 Å². The topological polar surface area (TPSA) is 71.1 Å². The van der Waals surface area contributed by atoms with E-state index in [0.717, 1.165) is 44.6 Å². The summed E-state index contributed by atoms with van der Waals surface area (Å²) in [7, 11) is 1.06. The van der Waals surface area contributed by atoms with E-state index in [0.29, 0.717) is 6.61 Å². The predicted octanol–water partition coefficient (Wildman–Crippen LogP) is 7.87. The first-order valence-electron chi connectivity index (χ1n) is 12.3. The molecule has 0 heterocycles. The van der Waals surface area contributed by atoms with Gasteiger partial charge in [-0.25, -0.2) is 22.8 Å². The van der Waals surface area contributed by atoms with Gasteiger partial charge in [-0.3, -0.25) is 0 Å². The summed E-state index contributed by atoms with van der Waals surface area (Å²) in [5.74, 6) is -3.77. The monoisotopic (exact) mass is 530 g/mol. The second-order valence-electron chi connectivity index (χ2n) is 8.49. The Bertz CT molecular complexity index is 1260. The average Bonchev–Trinajstić information content (AvgIpc) is 2.90. The number of rotatable bonds is 12. The van der Waals surface area contributed by atoms with Crippen LogP contribution in [0.15, 0.2) is 54.6 Å². The Morgan fingerprint density at radius 3 is 2.13 bits per heavy atom. The Morgan fingerprint density at radius 1 is 0.737 bits per heavy atom. The van der Waals surface area contributed by atoms with Crippen molar-refractivity contribution in [2.24, 2.45) is 0 Å². The van der Waals surface area contributed by atoms with Crippen LogP contribution in [0.4, 0.5) is 18.0 Å². The van der Waals surface area contributed by atoms with E-state index in [1.54, 1.807) is 6.07 Å². The molecule has 0 aliphatic rings. The summed E-state index contributed by atoms with van der Waals surface area (Å²) in [6, 6.07) is 10.9. The van der Waals surface area contributed by atoms with Crippen LogP contribution in [0.25, 0.3) is 11.1 Å².